The van der Waals surface area contributed by atoms with E-state index in [1.807, 2.05) is 31.2 Å². The van der Waals surface area contributed by atoms with Crippen molar-refractivity contribution in [3.8, 4) is 11.5 Å². The lowest BCUT2D eigenvalue weighted by molar-refractivity contribution is -0.120. The van der Waals surface area contributed by atoms with Gasteiger partial charge < -0.3 is 14.8 Å². The molecule has 0 unspecified atom stereocenters. The Labute approximate surface area is 235 Å². The highest BCUT2D eigenvalue weighted by Crippen LogP contribution is 2.31. The summed E-state index contributed by atoms with van der Waals surface area (Å²) in [6, 6.07) is 18.0. The summed E-state index contributed by atoms with van der Waals surface area (Å²) in [5.74, 6) is 0.187. The molecule has 0 spiro atoms. The minimum atomic E-state index is -3.92. The zero-order chi connectivity index (χ0) is 28.9. The molecule has 0 aliphatic carbocycles. The van der Waals surface area contributed by atoms with Gasteiger partial charge in [-0.2, -0.15) is 0 Å². The Morgan fingerprint density at radius 2 is 1.60 bits per heavy atom. The van der Waals surface area contributed by atoms with Crippen molar-refractivity contribution in [3.05, 3.63) is 77.9 Å². The standard InChI is InChI=1S/C28H33N3O7S2/c1-20-6-4-5-7-22(20)19-39(33,34)31-16-14-21(15-17-31)28(32)29-23-8-11-25(12-9-23)40(35,36)30-26-13-10-24(37-2)18-27(26)38-3/h4-13,18,21,30H,14-17,19H2,1-3H3,(H,29,32). The predicted molar refractivity (Wildman–Crippen MR) is 154 cm³/mol. The Kier molecular flexibility index (Phi) is 9.02. The van der Waals surface area contributed by atoms with E-state index in [4.69, 9.17) is 9.47 Å². The van der Waals surface area contributed by atoms with Crippen molar-refractivity contribution in [2.75, 3.05) is 37.3 Å². The van der Waals surface area contributed by atoms with Crippen LogP contribution in [0.25, 0.3) is 0 Å². The number of nitrogens with one attached hydrogen (secondary N) is 2. The van der Waals surface area contributed by atoms with Gasteiger partial charge in [0, 0.05) is 30.8 Å². The molecule has 1 amide bonds. The van der Waals surface area contributed by atoms with Crippen molar-refractivity contribution in [2.24, 2.45) is 5.92 Å². The van der Waals surface area contributed by atoms with Crippen LogP contribution in [0.1, 0.15) is 24.0 Å². The van der Waals surface area contributed by atoms with Crippen molar-refractivity contribution in [1.82, 2.24) is 4.31 Å². The van der Waals surface area contributed by atoms with E-state index < -0.39 is 20.0 Å². The Morgan fingerprint density at radius 1 is 0.925 bits per heavy atom. The normalized spacial score (nSPS) is 14.9. The monoisotopic (exact) mass is 587 g/mol. The largest absolute Gasteiger partial charge is 0.497 e. The molecule has 214 valence electrons. The Hall–Kier alpha value is -3.61. The number of anilines is 2. The van der Waals surface area contributed by atoms with Gasteiger partial charge in [-0.05, 0) is 67.3 Å². The van der Waals surface area contributed by atoms with Crippen molar-refractivity contribution in [2.45, 2.75) is 30.4 Å². The number of carbonyl (C=O) groups is 1. The molecule has 1 saturated heterocycles. The number of nitrogens with zero attached hydrogens (tertiary/aromatic N) is 1. The van der Waals surface area contributed by atoms with Gasteiger partial charge in [0.05, 0.1) is 30.6 Å². The third-order valence-electron chi connectivity index (χ3n) is 6.90. The molecule has 40 heavy (non-hydrogen) atoms. The third-order valence-corrected chi connectivity index (χ3v) is 10.1. The van der Waals surface area contributed by atoms with Crippen molar-refractivity contribution in [3.63, 3.8) is 0 Å². The van der Waals surface area contributed by atoms with Crippen LogP contribution in [0.15, 0.2) is 71.6 Å². The van der Waals surface area contributed by atoms with Crippen LogP contribution in [0, 0.1) is 12.8 Å². The molecule has 0 radical (unpaired) electrons. The van der Waals surface area contributed by atoms with E-state index in [9.17, 15) is 21.6 Å². The lowest BCUT2D eigenvalue weighted by Crippen LogP contribution is -2.41. The molecule has 4 rings (SSSR count). The molecule has 3 aromatic carbocycles. The van der Waals surface area contributed by atoms with E-state index in [0.29, 0.717) is 30.0 Å². The summed E-state index contributed by atoms with van der Waals surface area (Å²) < 4.78 is 66.0. The molecular formula is C28H33N3O7S2. The zero-order valence-electron chi connectivity index (χ0n) is 22.6. The topological polar surface area (TPSA) is 131 Å². The van der Waals surface area contributed by atoms with Gasteiger partial charge in [0.15, 0.2) is 0 Å². The molecule has 1 heterocycles. The van der Waals surface area contributed by atoms with E-state index in [0.717, 1.165) is 11.1 Å². The van der Waals surface area contributed by atoms with Gasteiger partial charge in [-0.15, -0.1) is 0 Å². The number of hydrogen-bond acceptors (Lipinski definition) is 7. The van der Waals surface area contributed by atoms with Crippen LogP contribution in [0.2, 0.25) is 0 Å². The molecule has 0 saturated carbocycles. The molecule has 1 aliphatic rings. The lowest BCUT2D eigenvalue weighted by atomic mass is 9.97. The van der Waals surface area contributed by atoms with Gasteiger partial charge in [0.1, 0.15) is 11.5 Å². The second-order valence-electron chi connectivity index (χ2n) is 9.54. The molecule has 1 fully saturated rings. The van der Waals surface area contributed by atoms with E-state index >= 15 is 0 Å². The van der Waals surface area contributed by atoms with Crippen LogP contribution >= 0.6 is 0 Å². The summed E-state index contributed by atoms with van der Waals surface area (Å²) in [5.41, 5.74) is 2.40. The second kappa shape index (κ2) is 12.3. The molecule has 2 N–H and O–H groups in total. The molecule has 10 nitrogen and oxygen atoms in total. The average molecular weight is 588 g/mol. The first-order valence-corrected chi connectivity index (χ1v) is 15.8. The van der Waals surface area contributed by atoms with Gasteiger partial charge in [-0.1, -0.05) is 24.3 Å². The molecule has 12 heteroatoms. The fourth-order valence-corrected chi connectivity index (χ4v) is 7.24. The smallest absolute Gasteiger partial charge is 0.262 e. The highest BCUT2D eigenvalue weighted by atomic mass is 32.2. The molecular weight excluding hydrogens is 554 g/mol. The number of methoxy groups -OCH3 is 2. The summed E-state index contributed by atoms with van der Waals surface area (Å²) in [5, 5.41) is 2.82. The highest BCUT2D eigenvalue weighted by Gasteiger charge is 2.31. The Bertz CT molecular complexity index is 1570. The van der Waals surface area contributed by atoms with Crippen LogP contribution in [0.4, 0.5) is 11.4 Å². The zero-order valence-corrected chi connectivity index (χ0v) is 24.2. The Morgan fingerprint density at radius 3 is 2.23 bits per heavy atom. The summed E-state index contributed by atoms with van der Waals surface area (Å²) in [4.78, 5) is 12.9. The van der Waals surface area contributed by atoms with Gasteiger partial charge >= 0.3 is 0 Å². The number of hydrogen-bond donors (Lipinski definition) is 2. The van der Waals surface area contributed by atoms with Crippen LogP contribution in [0.5, 0.6) is 11.5 Å². The van der Waals surface area contributed by atoms with Crippen molar-refractivity contribution >= 4 is 37.3 Å². The van der Waals surface area contributed by atoms with Crippen LogP contribution in [-0.2, 0) is 30.6 Å². The number of piperidine rings is 1. The van der Waals surface area contributed by atoms with Gasteiger partial charge in [-0.3, -0.25) is 9.52 Å². The van der Waals surface area contributed by atoms with Gasteiger partial charge in [0.25, 0.3) is 10.0 Å². The fourth-order valence-electron chi connectivity index (χ4n) is 4.50. The van der Waals surface area contributed by atoms with Crippen LogP contribution in [0.3, 0.4) is 0 Å². The van der Waals surface area contributed by atoms with Crippen LogP contribution in [-0.4, -0.2) is 54.4 Å². The molecule has 1 aliphatic heterocycles. The minimum Gasteiger partial charge on any atom is -0.497 e. The van der Waals surface area contributed by atoms with E-state index in [1.54, 1.807) is 18.2 Å². The SMILES string of the molecule is COc1ccc(NS(=O)(=O)c2ccc(NC(=O)C3CCN(S(=O)(=O)Cc4ccccc4C)CC3)cc2)c(OC)c1. The lowest BCUT2D eigenvalue weighted by Gasteiger charge is -2.30. The molecule has 0 atom stereocenters. The first kappa shape index (κ1) is 29.4. The fraction of sp³-hybridized carbons (Fsp3) is 0.321. The minimum absolute atomic E-state index is 0.00976. The molecule has 0 bridgehead atoms. The number of carbonyl (C=O) groups excluding carboxylic acids is 1. The Balaban J connectivity index is 1.33. The maximum Gasteiger partial charge on any atom is 0.262 e. The highest BCUT2D eigenvalue weighted by molar-refractivity contribution is 7.92. The quantitative estimate of drug-likeness (QED) is 0.367. The second-order valence-corrected chi connectivity index (χ2v) is 13.2. The molecule has 3 aromatic rings. The van der Waals surface area contributed by atoms with Crippen LogP contribution < -0.4 is 19.5 Å². The number of rotatable bonds is 10. The summed E-state index contributed by atoms with van der Waals surface area (Å²) in [6.45, 7) is 2.42. The first-order chi connectivity index (χ1) is 19.0. The summed E-state index contributed by atoms with van der Waals surface area (Å²) in [6.07, 6.45) is 0.803. The van der Waals surface area contributed by atoms with Gasteiger partial charge in [0.2, 0.25) is 15.9 Å². The number of ether oxygens (including phenoxy) is 2. The third kappa shape index (κ3) is 6.93. The molecule has 0 aromatic heterocycles. The van der Waals surface area contributed by atoms with Crippen molar-refractivity contribution in [1.29, 1.82) is 0 Å². The number of sulfonamides is 2. The van der Waals surface area contributed by atoms with Crippen molar-refractivity contribution < 1.29 is 31.1 Å². The number of aryl methyl sites for hydroxylation is 1. The first-order valence-electron chi connectivity index (χ1n) is 12.7. The van der Waals surface area contributed by atoms with Gasteiger partial charge in [-0.25, -0.2) is 21.1 Å². The van der Waals surface area contributed by atoms with E-state index in [2.05, 4.69) is 10.0 Å². The van der Waals surface area contributed by atoms with E-state index in [1.165, 1.54) is 42.8 Å². The van der Waals surface area contributed by atoms with E-state index in [-0.39, 0.29) is 41.3 Å². The predicted octanol–water partition coefficient (Wildman–Crippen LogP) is 3.99. The maximum absolute atomic E-state index is 12.9. The maximum atomic E-state index is 12.9. The summed E-state index contributed by atoms with van der Waals surface area (Å²) >= 11 is 0. The number of benzene rings is 3. The summed E-state index contributed by atoms with van der Waals surface area (Å²) in [7, 11) is -4.49. The number of amides is 1. The average Bonchev–Trinajstić information content (AvgIpc) is 2.94.